The van der Waals surface area contributed by atoms with Crippen molar-refractivity contribution in [2.45, 2.75) is 26.7 Å². The van der Waals surface area contributed by atoms with Crippen molar-refractivity contribution in [2.24, 2.45) is 0 Å². The van der Waals surface area contributed by atoms with Crippen LogP contribution in [-0.4, -0.2) is 11.9 Å². The minimum Gasteiger partial charge on any atom is -0.427 e. The van der Waals surface area contributed by atoms with E-state index in [1.54, 1.807) is 30.3 Å². The number of rotatable bonds is 5. The minimum atomic E-state index is -0.438. The molecule has 2 aromatic rings. The predicted octanol–water partition coefficient (Wildman–Crippen LogP) is 4.28. The predicted molar refractivity (Wildman–Crippen MR) is 90.9 cm³/mol. The maximum atomic E-state index is 11.9. The zero-order valence-electron chi connectivity index (χ0n) is 13.1. The van der Waals surface area contributed by atoms with Gasteiger partial charge in [0.15, 0.2) is 0 Å². The topological polar surface area (TPSA) is 55.4 Å². The smallest absolute Gasteiger partial charge is 0.311 e. The molecule has 0 spiro atoms. The summed E-state index contributed by atoms with van der Waals surface area (Å²) < 4.78 is 5.17. The molecule has 0 heterocycles. The van der Waals surface area contributed by atoms with Crippen LogP contribution in [0.15, 0.2) is 42.5 Å². The van der Waals surface area contributed by atoms with Gasteiger partial charge in [0.2, 0.25) is 5.91 Å². The summed E-state index contributed by atoms with van der Waals surface area (Å²) in [7, 11) is 0. The van der Waals surface area contributed by atoms with E-state index in [2.05, 4.69) is 5.32 Å². The zero-order chi connectivity index (χ0) is 16.8. The van der Waals surface area contributed by atoms with Crippen molar-refractivity contribution in [3.8, 4) is 5.75 Å². The average Bonchev–Trinajstić information content (AvgIpc) is 2.52. The molecule has 0 bridgehead atoms. The van der Waals surface area contributed by atoms with E-state index in [1.807, 2.05) is 26.0 Å². The standard InChI is InChI=1S/C18H18ClNO3/c1-12-6-8-14(9-7-12)23-18(22)11-10-17(21)20-16-5-3-4-15(19)13(16)2/h3-9H,10-11H2,1-2H3,(H,20,21). The van der Waals surface area contributed by atoms with Crippen LogP contribution < -0.4 is 10.1 Å². The van der Waals surface area contributed by atoms with Crippen LogP contribution in [0.2, 0.25) is 5.02 Å². The Morgan fingerprint density at radius 1 is 1.04 bits per heavy atom. The Hall–Kier alpha value is -2.33. The van der Waals surface area contributed by atoms with Gasteiger partial charge in [-0.15, -0.1) is 0 Å². The van der Waals surface area contributed by atoms with Crippen LogP contribution in [0.4, 0.5) is 5.69 Å². The Morgan fingerprint density at radius 3 is 2.43 bits per heavy atom. The number of nitrogens with one attached hydrogen (secondary N) is 1. The number of esters is 1. The molecule has 2 rings (SSSR count). The van der Waals surface area contributed by atoms with E-state index >= 15 is 0 Å². The highest BCUT2D eigenvalue weighted by atomic mass is 35.5. The third-order valence-corrected chi connectivity index (χ3v) is 3.76. The molecule has 1 N–H and O–H groups in total. The summed E-state index contributed by atoms with van der Waals surface area (Å²) >= 11 is 6.00. The summed E-state index contributed by atoms with van der Waals surface area (Å²) in [5.41, 5.74) is 2.53. The third kappa shape index (κ3) is 5.11. The maximum Gasteiger partial charge on any atom is 0.311 e. The van der Waals surface area contributed by atoms with Crippen molar-refractivity contribution in [2.75, 3.05) is 5.32 Å². The number of carbonyl (C=O) groups is 2. The maximum absolute atomic E-state index is 11.9. The lowest BCUT2D eigenvalue weighted by Crippen LogP contribution is -2.16. The summed E-state index contributed by atoms with van der Waals surface area (Å²) in [6.07, 6.45) is 0.0654. The SMILES string of the molecule is Cc1ccc(OC(=O)CCC(=O)Nc2cccc(Cl)c2C)cc1. The Balaban J connectivity index is 1.83. The van der Waals surface area contributed by atoms with E-state index in [4.69, 9.17) is 16.3 Å². The number of anilines is 1. The number of hydrogen-bond acceptors (Lipinski definition) is 3. The van der Waals surface area contributed by atoms with Crippen molar-refractivity contribution in [3.63, 3.8) is 0 Å². The highest BCUT2D eigenvalue weighted by Gasteiger charge is 2.11. The minimum absolute atomic E-state index is 0.0132. The first-order chi connectivity index (χ1) is 11.0. The number of halogens is 1. The molecule has 5 heteroatoms. The van der Waals surface area contributed by atoms with Crippen LogP contribution in [0.5, 0.6) is 5.75 Å². The van der Waals surface area contributed by atoms with Gasteiger partial charge in [-0.2, -0.15) is 0 Å². The molecular weight excluding hydrogens is 314 g/mol. The monoisotopic (exact) mass is 331 g/mol. The van der Waals surface area contributed by atoms with E-state index < -0.39 is 5.97 Å². The fourth-order valence-corrected chi connectivity index (χ4v) is 2.13. The average molecular weight is 332 g/mol. The molecule has 0 aliphatic carbocycles. The van der Waals surface area contributed by atoms with Crippen LogP contribution in [0.1, 0.15) is 24.0 Å². The first-order valence-corrected chi connectivity index (χ1v) is 7.66. The summed E-state index contributed by atoms with van der Waals surface area (Å²) in [6, 6.07) is 12.4. The van der Waals surface area contributed by atoms with Crippen LogP contribution in [0, 0.1) is 13.8 Å². The zero-order valence-corrected chi connectivity index (χ0v) is 13.8. The summed E-state index contributed by atoms with van der Waals surface area (Å²) in [4.78, 5) is 23.7. The third-order valence-electron chi connectivity index (χ3n) is 3.35. The molecule has 0 unspecified atom stereocenters. The fraction of sp³-hybridized carbons (Fsp3) is 0.222. The van der Waals surface area contributed by atoms with Crippen molar-refractivity contribution in [3.05, 3.63) is 58.6 Å². The number of hydrogen-bond donors (Lipinski definition) is 1. The Bertz CT molecular complexity index is 711. The van der Waals surface area contributed by atoms with Crippen LogP contribution in [0.25, 0.3) is 0 Å². The molecule has 23 heavy (non-hydrogen) atoms. The molecule has 2 aromatic carbocycles. The van der Waals surface area contributed by atoms with Crippen LogP contribution in [-0.2, 0) is 9.59 Å². The largest absolute Gasteiger partial charge is 0.427 e. The Labute approximate surface area is 140 Å². The summed E-state index contributed by atoms with van der Waals surface area (Å²) in [5, 5.41) is 3.33. The van der Waals surface area contributed by atoms with Gasteiger partial charge in [-0.05, 0) is 43.7 Å². The molecule has 4 nitrogen and oxygen atoms in total. The van der Waals surface area contributed by atoms with Gasteiger partial charge in [0.25, 0.3) is 0 Å². The number of benzene rings is 2. The summed E-state index contributed by atoms with van der Waals surface area (Å²) in [5.74, 6) is -0.213. The molecule has 0 atom stereocenters. The molecule has 0 radical (unpaired) electrons. The van der Waals surface area contributed by atoms with Gasteiger partial charge in [-0.1, -0.05) is 35.4 Å². The van der Waals surface area contributed by atoms with Crippen LogP contribution >= 0.6 is 11.6 Å². The van der Waals surface area contributed by atoms with Crippen molar-refractivity contribution in [1.82, 2.24) is 0 Å². The number of ether oxygens (including phenoxy) is 1. The highest BCUT2D eigenvalue weighted by Crippen LogP contribution is 2.23. The second kappa shape index (κ2) is 7.79. The highest BCUT2D eigenvalue weighted by molar-refractivity contribution is 6.31. The molecule has 0 fully saturated rings. The summed E-state index contributed by atoms with van der Waals surface area (Å²) in [6.45, 7) is 3.78. The second-order valence-electron chi connectivity index (χ2n) is 5.25. The van der Waals surface area contributed by atoms with E-state index in [9.17, 15) is 9.59 Å². The number of aryl methyl sites for hydroxylation is 1. The molecule has 0 aliphatic heterocycles. The van der Waals surface area contributed by atoms with E-state index in [0.29, 0.717) is 16.5 Å². The van der Waals surface area contributed by atoms with Gasteiger partial charge in [0.1, 0.15) is 5.75 Å². The normalized spacial score (nSPS) is 10.2. The van der Waals surface area contributed by atoms with E-state index in [1.165, 1.54) is 0 Å². The molecule has 0 aromatic heterocycles. The molecule has 120 valence electrons. The van der Waals surface area contributed by atoms with Gasteiger partial charge in [-0.3, -0.25) is 9.59 Å². The lowest BCUT2D eigenvalue weighted by atomic mass is 10.2. The molecule has 0 saturated heterocycles. The lowest BCUT2D eigenvalue weighted by Gasteiger charge is -2.09. The molecule has 0 saturated carbocycles. The Morgan fingerprint density at radius 2 is 1.74 bits per heavy atom. The van der Waals surface area contributed by atoms with Gasteiger partial charge >= 0.3 is 5.97 Å². The molecular formula is C18H18ClNO3. The van der Waals surface area contributed by atoms with Crippen molar-refractivity contribution < 1.29 is 14.3 Å². The van der Waals surface area contributed by atoms with Crippen molar-refractivity contribution in [1.29, 1.82) is 0 Å². The number of amides is 1. The van der Waals surface area contributed by atoms with E-state index in [0.717, 1.165) is 11.1 Å². The Kier molecular flexibility index (Phi) is 5.77. The molecule has 1 amide bonds. The number of carbonyl (C=O) groups excluding carboxylic acids is 2. The van der Waals surface area contributed by atoms with E-state index in [-0.39, 0.29) is 18.7 Å². The van der Waals surface area contributed by atoms with Gasteiger partial charge in [0, 0.05) is 17.1 Å². The first kappa shape index (κ1) is 17.0. The van der Waals surface area contributed by atoms with Gasteiger partial charge < -0.3 is 10.1 Å². The fourth-order valence-electron chi connectivity index (χ4n) is 1.96. The second-order valence-corrected chi connectivity index (χ2v) is 5.65. The molecule has 0 aliphatic rings. The van der Waals surface area contributed by atoms with Gasteiger partial charge in [0.05, 0.1) is 6.42 Å². The quantitative estimate of drug-likeness (QED) is 0.657. The van der Waals surface area contributed by atoms with Crippen LogP contribution in [0.3, 0.4) is 0 Å². The first-order valence-electron chi connectivity index (χ1n) is 7.28. The lowest BCUT2D eigenvalue weighted by molar-refractivity contribution is -0.135. The van der Waals surface area contributed by atoms with Gasteiger partial charge in [-0.25, -0.2) is 0 Å². The van der Waals surface area contributed by atoms with Crippen molar-refractivity contribution >= 4 is 29.2 Å².